The van der Waals surface area contributed by atoms with Crippen molar-refractivity contribution in [1.82, 2.24) is 0 Å². The van der Waals surface area contributed by atoms with Crippen molar-refractivity contribution in [2.75, 3.05) is 0 Å². The first-order valence-corrected chi connectivity index (χ1v) is 5.23. The fourth-order valence-corrected chi connectivity index (χ4v) is 2.28. The molecule has 1 radical (unpaired) electrons. The van der Waals surface area contributed by atoms with Crippen LogP contribution in [-0.4, -0.2) is 0 Å². The van der Waals surface area contributed by atoms with Gasteiger partial charge >= 0.3 is 0 Å². The highest BCUT2D eigenvalue weighted by Crippen LogP contribution is 2.34. The van der Waals surface area contributed by atoms with Crippen LogP contribution in [0, 0.1) is 11.8 Å². The molecule has 0 heterocycles. The second kappa shape index (κ2) is 4.79. The van der Waals surface area contributed by atoms with E-state index in [-0.39, 0.29) is 0 Å². The minimum Gasteiger partial charge on any atom is -0.0651 e. The Hall–Kier alpha value is 0. The van der Waals surface area contributed by atoms with Crippen molar-refractivity contribution in [2.24, 2.45) is 5.92 Å². The van der Waals surface area contributed by atoms with Crippen LogP contribution in [0.5, 0.6) is 0 Å². The molecule has 0 spiro atoms. The van der Waals surface area contributed by atoms with E-state index in [9.17, 15) is 0 Å². The largest absolute Gasteiger partial charge is 0.0651 e. The molecule has 1 saturated carbocycles. The smallest absolute Gasteiger partial charge is 0.0210 e. The Morgan fingerprint density at radius 2 is 1.55 bits per heavy atom. The van der Waals surface area contributed by atoms with Crippen LogP contribution in [0.15, 0.2) is 0 Å². The van der Waals surface area contributed by atoms with E-state index >= 15 is 0 Å². The summed E-state index contributed by atoms with van der Waals surface area (Å²) in [4.78, 5) is 0. The lowest BCUT2D eigenvalue weighted by molar-refractivity contribution is 0.398. The normalized spacial score (nSPS) is 21.0. The first kappa shape index (κ1) is 9.09. The summed E-state index contributed by atoms with van der Waals surface area (Å²) in [7, 11) is 0. The Balaban J connectivity index is 2.30. The molecule has 0 N–H and O–H groups in total. The van der Waals surface area contributed by atoms with Crippen molar-refractivity contribution in [3.8, 4) is 0 Å². The fraction of sp³-hybridized carbons (Fsp3) is 0.909. The summed E-state index contributed by atoms with van der Waals surface area (Å²) in [5, 5.41) is 0. The van der Waals surface area contributed by atoms with E-state index < -0.39 is 0 Å². The third-order valence-corrected chi connectivity index (χ3v) is 3.06. The lowest BCUT2D eigenvalue weighted by atomic mass is 9.78. The van der Waals surface area contributed by atoms with Crippen molar-refractivity contribution in [1.29, 1.82) is 0 Å². The maximum atomic E-state index is 2.33. The lowest BCUT2D eigenvalue weighted by Crippen LogP contribution is -2.14. The Morgan fingerprint density at radius 1 is 1.00 bits per heavy atom. The third kappa shape index (κ3) is 2.50. The van der Waals surface area contributed by atoms with Crippen LogP contribution in [0.4, 0.5) is 0 Å². The van der Waals surface area contributed by atoms with Crippen molar-refractivity contribution in [2.45, 2.75) is 58.8 Å². The summed E-state index contributed by atoms with van der Waals surface area (Å²) in [5.74, 6) is 2.83. The van der Waals surface area contributed by atoms with Gasteiger partial charge in [-0.15, -0.1) is 0 Å². The van der Waals surface area contributed by atoms with E-state index in [0.717, 1.165) is 5.92 Å². The topological polar surface area (TPSA) is 0 Å². The van der Waals surface area contributed by atoms with Gasteiger partial charge in [0.05, 0.1) is 0 Å². The van der Waals surface area contributed by atoms with Crippen LogP contribution in [0.1, 0.15) is 58.8 Å². The maximum Gasteiger partial charge on any atom is -0.0210 e. The van der Waals surface area contributed by atoms with Gasteiger partial charge in [-0.05, 0) is 24.7 Å². The second-order valence-corrected chi connectivity index (χ2v) is 3.73. The molecule has 1 fully saturated rings. The van der Waals surface area contributed by atoms with Crippen LogP contribution in [0.25, 0.3) is 0 Å². The third-order valence-electron chi connectivity index (χ3n) is 3.06. The summed E-state index contributed by atoms with van der Waals surface area (Å²) in [6, 6.07) is 0. The Bertz CT molecular complexity index is 86.2. The molecule has 0 saturated heterocycles. The average Bonchev–Trinajstić information content (AvgIpc) is 2.09. The summed E-state index contributed by atoms with van der Waals surface area (Å²) in [5.41, 5.74) is 0. The van der Waals surface area contributed by atoms with E-state index in [4.69, 9.17) is 0 Å². The van der Waals surface area contributed by atoms with Gasteiger partial charge in [0.15, 0.2) is 0 Å². The van der Waals surface area contributed by atoms with Crippen LogP contribution in [0.3, 0.4) is 0 Å². The van der Waals surface area contributed by atoms with Gasteiger partial charge in [0.25, 0.3) is 0 Å². The van der Waals surface area contributed by atoms with E-state index in [2.05, 4.69) is 13.8 Å². The molecule has 0 atom stereocenters. The predicted octanol–water partition coefficient (Wildman–Crippen LogP) is 3.96. The minimum absolute atomic E-state index is 0.954. The molecule has 11 heavy (non-hydrogen) atoms. The van der Waals surface area contributed by atoms with Gasteiger partial charge in [-0.3, -0.25) is 0 Å². The number of hydrogen-bond acceptors (Lipinski definition) is 0. The molecule has 0 aromatic heterocycles. The average molecular weight is 153 g/mol. The molecule has 0 aromatic rings. The SMILES string of the molecule is CCC(CC)[C]1CCCCC1. The first-order chi connectivity index (χ1) is 5.38. The van der Waals surface area contributed by atoms with Crippen LogP contribution in [0.2, 0.25) is 0 Å². The minimum atomic E-state index is 0.954. The van der Waals surface area contributed by atoms with Crippen LogP contribution in [-0.2, 0) is 0 Å². The molecule has 1 aliphatic carbocycles. The van der Waals surface area contributed by atoms with E-state index in [1.54, 1.807) is 0 Å². The molecular formula is C11H21. The summed E-state index contributed by atoms with van der Waals surface area (Å²) in [6.45, 7) is 4.66. The summed E-state index contributed by atoms with van der Waals surface area (Å²) >= 11 is 0. The molecule has 0 aliphatic heterocycles. The van der Waals surface area contributed by atoms with Gasteiger partial charge in [-0.2, -0.15) is 0 Å². The number of rotatable bonds is 3. The quantitative estimate of drug-likeness (QED) is 0.575. The zero-order valence-electron chi connectivity index (χ0n) is 8.03. The molecule has 0 bridgehead atoms. The van der Waals surface area contributed by atoms with E-state index in [1.165, 1.54) is 44.9 Å². The molecule has 0 heteroatoms. The zero-order valence-corrected chi connectivity index (χ0v) is 8.03. The van der Waals surface area contributed by atoms with Crippen LogP contribution >= 0.6 is 0 Å². The number of hydrogen-bond donors (Lipinski definition) is 0. The first-order valence-electron chi connectivity index (χ1n) is 5.23. The molecule has 1 rings (SSSR count). The van der Waals surface area contributed by atoms with Gasteiger partial charge in [0.1, 0.15) is 0 Å². The van der Waals surface area contributed by atoms with Gasteiger partial charge in [-0.25, -0.2) is 0 Å². The van der Waals surface area contributed by atoms with Gasteiger partial charge in [0, 0.05) is 0 Å². The molecule has 1 aliphatic rings. The van der Waals surface area contributed by atoms with Crippen LogP contribution < -0.4 is 0 Å². The summed E-state index contributed by atoms with van der Waals surface area (Å²) < 4.78 is 0. The zero-order chi connectivity index (χ0) is 8.10. The van der Waals surface area contributed by atoms with Gasteiger partial charge in [-0.1, -0.05) is 46.0 Å². The standard InChI is InChI=1S/C11H21/c1-3-10(4-2)11-8-6-5-7-9-11/h10H,3-9H2,1-2H3. The lowest BCUT2D eigenvalue weighted by Gasteiger charge is -2.28. The van der Waals surface area contributed by atoms with Gasteiger partial charge < -0.3 is 0 Å². The van der Waals surface area contributed by atoms with Crippen molar-refractivity contribution < 1.29 is 0 Å². The Kier molecular flexibility index (Phi) is 3.96. The predicted molar refractivity (Wildman–Crippen MR) is 50.4 cm³/mol. The van der Waals surface area contributed by atoms with Crippen molar-refractivity contribution in [3.05, 3.63) is 5.92 Å². The summed E-state index contributed by atoms with van der Waals surface area (Å²) in [6.07, 6.45) is 10.0. The highest BCUT2D eigenvalue weighted by Gasteiger charge is 2.20. The molecule has 0 nitrogen and oxygen atoms in total. The second-order valence-electron chi connectivity index (χ2n) is 3.73. The Labute approximate surface area is 71.4 Å². The Morgan fingerprint density at radius 3 is 2.00 bits per heavy atom. The van der Waals surface area contributed by atoms with Gasteiger partial charge in [0.2, 0.25) is 0 Å². The molecule has 0 unspecified atom stereocenters. The molecule has 0 amide bonds. The maximum absolute atomic E-state index is 2.33. The van der Waals surface area contributed by atoms with E-state index in [0.29, 0.717) is 0 Å². The highest BCUT2D eigenvalue weighted by molar-refractivity contribution is 4.97. The molecule has 0 aromatic carbocycles. The van der Waals surface area contributed by atoms with E-state index in [1.807, 2.05) is 5.92 Å². The monoisotopic (exact) mass is 153 g/mol. The molecular weight excluding hydrogens is 132 g/mol. The highest BCUT2D eigenvalue weighted by atomic mass is 14.3. The van der Waals surface area contributed by atoms with Crippen molar-refractivity contribution >= 4 is 0 Å². The molecule has 65 valence electrons. The van der Waals surface area contributed by atoms with Crippen molar-refractivity contribution in [3.63, 3.8) is 0 Å². The fourth-order valence-electron chi connectivity index (χ4n) is 2.28.